The van der Waals surface area contributed by atoms with Crippen molar-refractivity contribution in [2.75, 3.05) is 21.2 Å². The lowest BCUT2D eigenvalue weighted by molar-refractivity contribution is -0.117. The number of Topliss-reactive ketones (excluding diaryl/α,β-unsaturated/α-hetero) is 1. The molecule has 198 valence electrons. The molecule has 1 aliphatic heterocycles. The molecule has 0 amide bonds. The molecule has 1 aliphatic carbocycles. The van der Waals surface area contributed by atoms with Gasteiger partial charge < -0.3 is 15.2 Å². The van der Waals surface area contributed by atoms with Crippen molar-refractivity contribution < 1.29 is 14.3 Å². The molecule has 39 heavy (non-hydrogen) atoms. The lowest BCUT2D eigenvalue weighted by Crippen LogP contribution is -2.46. The standard InChI is InChI=1S/C32H32N4O3/c1-35(2)36-26-16-24(22-12-8-5-9-13-22)17-27(37)31(26)30(25(19-33)32(36)34)23-14-15-28(29(18-23)38-3)39-20-21-10-6-4-7-11-21/h4-15,18,24,30H,16-17,20,34H2,1-3H3/t24-,30+/m0/s1. The minimum absolute atomic E-state index is 0.0191. The van der Waals surface area contributed by atoms with Crippen molar-refractivity contribution in [1.82, 2.24) is 10.0 Å². The maximum atomic E-state index is 13.9. The zero-order chi connectivity index (χ0) is 27.5. The Kier molecular flexibility index (Phi) is 7.40. The number of nitrogens with two attached hydrogens (primary N) is 1. The van der Waals surface area contributed by atoms with E-state index in [-0.39, 0.29) is 11.7 Å². The van der Waals surface area contributed by atoms with Crippen LogP contribution in [-0.4, -0.2) is 37.0 Å². The Morgan fingerprint density at radius 1 is 0.974 bits per heavy atom. The number of ether oxygens (including phenoxy) is 2. The predicted octanol–water partition coefficient (Wildman–Crippen LogP) is 5.24. The Balaban J connectivity index is 1.56. The quantitative estimate of drug-likeness (QED) is 0.455. The number of hydrogen-bond acceptors (Lipinski definition) is 7. The number of rotatable bonds is 7. The number of ketones is 1. The molecular formula is C32H32N4O3. The van der Waals surface area contributed by atoms with E-state index in [9.17, 15) is 10.1 Å². The van der Waals surface area contributed by atoms with Crippen molar-refractivity contribution in [2.45, 2.75) is 31.3 Å². The first-order valence-corrected chi connectivity index (χ1v) is 13.0. The molecule has 5 rings (SSSR count). The van der Waals surface area contributed by atoms with Crippen LogP contribution in [0.1, 0.15) is 41.4 Å². The molecular weight excluding hydrogens is 488 g/mol. The van der Waals surface area contributed by atoms with Crippen molar-refractivity contribution in [2.24, 2.45) is 5.73 Å². The van der Waals surface area contributed by atoms with Crippen LogP contribution >= 0.6 is 0 Å². The van der Waals surface area contributed by atoms with Gasteiger partial charge in [0.1, 0.15) is 12.4 Å². The summed E-state index contributed by atoms with van der Waals surface area (Å²) in [4.78, 5) is 13.9. The van der Waals surface area contributed by atoms with Crippen molar-refractivity contribution in [3.63, 3.8) is 0 Å². The molecule has 3 aromatic rings. The summed E-state index contributed by atoms with van der Waals surface area (Å²) in [7, 11) is 5.32. The fourth-order valence-electron chi connectivity index (χ4n) is 5.58. The third-order valence-electron chi connectivity index (χ3n) is 7.37. The first-order valence-electron chi connectivity index (χ1n) is 13.0. The summed E-state index contributed by atoms with van der Waals surface area (Å²) >= 11 is 0. The molecule has 7 heteroatoms. The molecule has 0 spiro atoms. The van der Waals surface area contributed by atoms with E-state index in [0.717, 1.165) is 22.4 Å². The summed E-state index contributed by atoms with van der Waals surface area (Å²) in [5.41, 5.74) is 11.3. The highest BCUT2D eigenvalue weighted by atomic mass is 16.5. The van der Waals surface area contributed by atoms with Crippen LogP contribution in [0.4, 0.5) is 0 Å². The number of carbonyl (C=O) groups excluding carboxylic acids is 1. The lowest BCUT2D eigenvalue weighted by atomic mass is 9.72. The minimum atomic E-state index is -0.595. The van der Waals surface area contributed by atoms with Gasteiger partial charge >= 0.3 is 0 Å². The van der Waals surface area contributed by atoms with Gasteiger partial charge in [-0.25, -0.2) is 5.01 Å². The van der Waals surface area contributed by atoms with Crippen molar-refractivity contribution in [3.8, 4) is 17.6 Å². The Labute approximate surface area is 229 Å². The maximum absolute atomic E-state index is 13.9. The largest absolute Gasteiger partial charge is 0.493 e. The molecule has 2 N–H and O–H groups in total. The van der Waals surface area contributed by atoms with Crippen molar-refractivity contribution in [1.29, 1.82) is 5.26 Å². The van der Waals surface area contributed by atoms with E-state index >= 15 is 0 Å². The molecule has 2 aliphatic rings. The van der Waals surface area contributed by atoms with Crippen LogP contribution < -0.4 is 15.2 Å². The number of carbonyl (C=O) groups is 1. The highest BCUT2D eigenvalue weighted by Crippen LogP contribution is 2.49. The number of benzene rings is 3. The average Bonchev–Trinajstić information content (AvgIpc) is 2.96. The molecule has 0 saturated heterocycles. The fraction of sp³-hybridized carbons (Fsp3) is 0.250. The zero-order valence-corrected chi connectivity index (χ0v) is 22.4. The van der Waals surface area contributed by atoms with E-state index in [1.54, 1.807) is 7.11 Å². The second kappa shape index (κ2) is 11.1. The second-order valence-corrected chi connectivity index (χ2v) is 9.99. The molecule has 0 fully saturated rings. The number of nitriles is 1. The Morgan fingerprint density at radius 2 is 1.67 bits per heavy atom. The first-order chi connectivity index (χ1) is 18.9. The molecule has 1 heterocycles. The number of hydrogen-bond donors (Lipinski definition) is 1. The van der Waals surface area contributed by atoms with Crippen LogP contribution in [-0.2, 0) is 11.4 Å². The van der Waals surface area contributed by atoms with Gasteiger partial charge in [-0.2, -0.15) is 5.26 Å². The number of allylic oxidation sites excluding steroid dienone is 3. The van der Waals surface area contributed by atoms with Gasteiger partial charge in [-0.1, -0.05) is 66.7 Å². The molecule has 0 unspecified atom stereocenters. The van der Waals surface area contributed by atoms with Gasteiger partial charge in [0.2, 0.25) is 0 Å². The van der Waals surface area contributed by atoms with E-state index in [2.05, 4.69) is 18.2 Å². The van der Waals surface area contributed by atoms with Gasteiger partial charge in [0.05, 0.1) is 24.7 Å². The van der Waals surface area contributed by atoms with Crippen molar-refractivity contribution >= 4 is 5.78 Å². The van der Waals surface area contributed by atoms with E-state index in [4.69, 9.17) is 15.2 Å². The zero-order valence-electron chi connectivity index (χ0n) is 22.4. The molecule has 0 radical (unpaired) electrons. The lowest BCUT2D eigenvalue weighted by Gasteiger charge is -2.43. The van der Waals surface area contributed by atoms with Gasteiger partial charge in [-0.05, 0) is 41.2 Å². The van der Waals surface area contributed by atoms with Crippen LogP contribution in [0.2, 0.25) is 0 Å². The normalized spacial score (nSPS) is 19.2. The van der Waals surface area contributed by atoms with Crippen LogP contribution in [0.5, 0.6) is 11.5 Å². The molecule has 2 atom stereocenters. The molecule has 0 bridgehead atoms. The highest BCUT2D eigenvalue weighted by Gasteiger charge is 2.43. The topological polar surface area (TPSA) is 91.8 Å². The molecule has 0 aromatic heterocycles. The Bertz CT molecular complexity index is 1470. The second-order valence-electron chi connectivity index (χ2n) is 9.99. The van der Waals surface area contributed by atoms with Gasteiger partial charge in [-0.15, -0.1) is 0 Å². The van der Waals surface area contributed by atoms with Gasteiger partial charge in [0.15, 0.2) is 17.3 Å². The summed E-state index contributed by atoms with van der Waals surface area (Å²) in [6.07, 6.45) is 1.00. The SMILES string of the molecule is COc1cc([C@@H]2C(C#N)=C(N)N(N(C)C)C3=C2C(=O)C[C@@H](c2ccccc2)C3)ccc1OCc1ccccc1. The Hall–Kier alpha value is -4.54. The number of hydrazine groups is 1. The Morgan fingerprint density at radius 3 is 2.31 bits per heavy atom. The van der Waals surface area contributed by atoms with E-state index in [1.165, 1.54) is 0 Å². The van der Waals surface area contributed by atoms with E-state index in [0.29, 0.717) is 47.9 Å². The third-order valence-corrected chi connectivity index (χ3v) is 7.37. The molecule has 3 aromatic carbocycles. The van der Waals surface area contributed by atoms with Crippen molar-refractivity contribution in [3.05, 3.63) is 118 Å². The smallest absolute Gasteiger partial charge is 0.162 e. The number of nitrogens with zero attached hydrogens (tertiary/aromatic N) is 3. The third kappa shape index (κ3) is 4.99. The summed E-state index contributed by atoms with van der Waals surface area (Å²) in [6.45, 7) is 0.392. The fourth-order valence-corrected chi connectivity index (χ4v) is 5.58. The van der Waals surface area contributed by atoms with Gasteiger partial charge in [-0.3, -0.25) is 9.80 Å². The highest BCUT2D eigenvalue weighted by molar-refractivity contribution is 6.00. The van der Waals surface area contributed by atoms with Crippen LogP contribution in [0.25, 0.3) is 0 Å². The van der Waals surface area contributed by atoms with Crippen LogP contribution in [0.3, 0.4) is 0 Å². The summed E-state index contributed by atoms with van der Waals surface area (Å²) in [5, 5.41) is 13.9. The minimum Gasteiger partial charge on any atom is -0.493 e. The summed E-state index contributed by atoms with van der Waals surface area (Å²) in [6, 6.07) is 27.9. The average molecular weight is 521 g/mol. The van der Waals surface area contributed by atoms with Gasteiger partial charge in [0, 0.05) is 31.8 Å². The first kappa shape index (κ1) is 26.1. The van der Waals surface area contributed by atoms with Crippen LogP contribution in [0.15, 0.2) is 102 Å². The molecule has 7 nitrogen and oxygen atoms in total. The van der Waals surface area contributed by atoms with E-state index < -0.39 is 5.92 Å². The van der Waals surface area contributed by atoms with E-state index in [1.807, 2.05) is 90.8 Å². The molecule has 0 saturated carbocycles. The summed E-state index contributed by atoms with van der Waals surface area (Å²) < 4.78 is 11.7. The van der Waals surface area contributed by atoms with Crippen LogP contribution in [0, 0.1) is 11.3 Å². The maximum Gasteiger partial charge on any atom is 0.162 e. The monoisotopic (exact) mass is 520 g/mol. The summed E-state index contributed by atoms with van der Waals surface area (Å²) in [5.74, 6) is 0.894. The number of methoxy groups -OCH3 is 1. The predicted molar refractivity (Wildman–Crippen MR) is 149 cm³/mol. The van der Waals surface area contributed by atoms with Gasteiger partial charge in [0.25, 0.3) is 0 Å².